The standard InChI is InChI=1S/C17H13F2N3O3/c18-11-3-1-4-12(19)16(11)17(24)20-8-9-22-15(23)7-6-13(21-22)14-5-2-10-25-14/h1-7,10H,8-9H2,(H,20,24). The van der Waals surface area contributed by atoms with Gasteiger partial charge in [0.15, 0.2) is 5.76 Å². The van der Waals surface area contributed by atoms with Crippen LogP contribution in [0.25, 0.3) is 11.5 Å². The zero-order valence-corrected chi connectivity index (χ0v) is 12.9. The van der Waals surface area contributed by atoms with Crippen LogP contribution in [-0.4, -0.2) is 22.2 Å². The Balaban J connectivity index is 1.69. The second-order valence-corrected chi connectivity index (χ2v) is 5.11. The zero-order chi connectivity index (χ0) is 17.8. The zero-order valence-electron chi connectivity index (χ0n) is 12.9. The Hall–Kier alpha value is -3.29. The molecule has 0 saturated heterocycles. The van der Waals surface area contributed by atoms with E-state index in [-0.39, 0.29) is 18.6 Å². The summed E-state index contributed by atoms with van der Waals surface area (Å²) in [5.74, 6) is -2.31. The molecular weight excluding hydrogens is 332 g/mol. The molecular formula is C17H13F2N3O3. The molecule has 128 valence electrons. The van der Waals surface area contributed by atoms with Crippen molar-refractivity contribution in [3.63, 3.8) is 0 Å². The van der Waals surface area contributed by atoms with Gasteiger partial charge in [0, 0.05) is 12.6 Å². The second kappa shape index (κ2) is 7.08. The van der Waals surface area contributed by atoms with E-state index in [9.17, 15) is 18.4 Å². The molecule has 0 aliphatic carbocycles. The monoisotopic (exact) mass is 345 g/mol. The molecule has 3 aromatic rings. The van der Waals surface area contributed by atoms with Gasteiger partial charge in [-0.1, -0.05) is 6.07 Å². The topological polar surface area (TPSA) is 77.1 Å². The molecule has 0 aliphatic rings. The molecule has 0 spiro atoms. The maximum Gasteiger partial charge on any atom is 0.266 e. The summed E-state index contributed by atoms with van der Waals surface area (Å²) < 4.78 is 33.4. The normalized spacial score (nSPS) is 10.6. The van der Waals surface area contributed by atoms with Crippen LogP contribution in [0.15, 0.2) is 57.9 Å². The highest BCUT2D eigenvalue weighted by molar-refractivity contribution is 5.94. The molecule has 1 aromatic carbocycles. The lowest BCUT2D eigenvalue weighted by Crippen LogP contribution is -2.32. The third kappa shape index (κ3) is 3.63. The molecule has 0 radical (unpaired) electrons. The summed E-state index contributed by atoms with van der Waals surface area (Å²) in [6, 6.07) is 9.39. The van der Waals surface area contributed by atoms with Gasteiger partial charge < -0.3 is 9.73 Å². The largest absolute Gasteiger partial charge is 0.463 e. The first-order valence-electron chi connectivity index (χ1n) is 7.40. The molecule has 8 heteroatoms. The molecule has 0 aliphatic heterocycles. The van der Waals surface area contributed by atoms with Gasteiger partial charge >= 0.3 is 0 Å². The maximum absolute atomic E-state index is 13.5. The average molecular weight is 345 g/mol. The van der Waals surface area contributed by atoms with Gasteiger partial charge in [0.25, 0.3) is 11.5 Å². The van der Waals surface area contributed by atoms with E-state index in [1.807, 2.05) is 0 Å². The number of carbonyl (C=O) groups is 1. The van der Waals surface area contributed by atoms with Crippen LogP contribution >= 0.6 is 0 Å². The number of halogens is 2. The Morgan fingerprint density at radius 1 is 1.12 bits per heavy atom. The molecule has 0 bridgehead atoms. The predicted octanol–water partition coefficient (Wildman–Crippen LogP) is 2.21. The van der Waals surface area contributed by atoms with Gasteiger partial charge in [0.2, 0.25) is 0 Å². The number of hydrogen-bond acceptors (Lipinski definition) is 4. The predicted molar refractivity (Wildman–Crippen MR) is 84.9 cm³/mol. The van der Waals surface area contributed by atoms with Crippen molar-refractivity contribution in [1.29, 1.82) is 0 Å². The summed E-state index contributed by atoms with van der Waals surface area (Å²) in [6.07, 6.45) is 1.48. The van der Waals surface area contributed by atoms with Gasteiger partial charge in [-0.05, 0) is 30.3 Å². The number of carbonyl (C=O) groups excluding carboxylic acids is 1. The Morgan fingerprint density at radius 2 is 1.88 bits per heavy atom. The molecule has 6 nitrogen and oxygen atoms in total. The lowest BCUT2D eigenvalue weighted by molar-refractivity contribution is 0.0943. The highest BCUT2D eigenvalue weighted by Gasteiger charge is 2.16. The number of rotatable bonds is 5. The van der Waals surface area contributed by atoms with Crippen molar-refractivity contribution in [2.45, 2.75) is 6.54 Å². The minimum Gasteiger partial charge on any atom is -0.463 e. The third-order valence-electron chi connectivity index (χ3n) is 3.44. The van der Waals surface area contributed by atoms with Crippen LogP contribution in [-0.2, 0) is 6.54 Å². The highest BCUT2D eigenvalue weighted by Crippen LogP contribution is 2.15. The summed E-state index contributed by atoms with van der Waals surface area (Å²) in [5.41, 5.74) is -0.579. The second-order valence-electron chi connectivity index (χ2n) is 5.11. The van der Waals surface area contributed by atoms with Gasteiger partial charge in [-0.2, -0.15) is 5.10 Å². The van der Waals surface area contributed by atoms with Crippen LogP contribution in [0, 0.1) is 11.6 Å². The smallest absolute Gasteiger partial charge is 0.266 e. The van der Waals surface area contributed by atoms with Crippen molar-refractivity contribution >= 4 is 5.91 Å². The van der Waals surface area contributed by atoms with Crippen molar-refractivity contribution < 1.29 is 18.0 Å². The number of nitrogens with one attached hydrogen (secondary N) is 1. The summed E-state index contributed by atoms with van der Waals surface area (Å²) in [7, 11) is 0. The van der Waals surface area contributed by atoms with Gasteiger partial charge in [-0.15, -0.1) is 0 Å². The number of hydrogen-bond donors (Lipinski definition) is 1. The van der Waals surface area contributed by atoms with E-state index >= 15 is 0 Å². The van der Waals surface area contributed by atoms with E-state index in [2.05, 4.69) is 10.4 Å². The lowest BCUT2D eigenvalue weighted by Gasteiger charge is -2.08. The average Bonchev–Trinajstić information content (AvgIpc) is 3.11. The van der Waals surface area contributed by atoms with Gasteiger partial charge in [-0.3, -0.25) is 9.59 Å². The van der Waals surface area contributed by atoms with Crippen molar-refractivity contribution in [2.75, 3.05) is 6.54 Å². The van der Waals surface area contributed by atoms with Crippen molar-refractivity contribution in [3.8, 4) is 11.5 Å². The Kier molecular flexibility index (Phi) is 4.69. The molecule has 2 aromatic heterocycles. The molecule has 25 heavy (non-hydrogen) atoms. The fourth-order valence-electron chi connectivity index (χ4n) is 2.24. The molecule has 0 saturated carbocycles. The van der Waals surface area contributed by atoms with E-state index in [1.165, 1.54) is 24.5 Å². The van der Waals surface area contributed by atoms with Crippen molar-refractivity contribution in [2.24, 2.45) is 0 Å². The fraction of sp³-hybridized carbons (Fsp3) is 0.118. The number of benzene rings is 1. The van der Waals surface area contributed by atoms with Crippen LogP contribution < -0.4 is 10.9 Å². The summed E-state index contributed by atoms with van der Waals surface area (Å²) >= 11 is 0. The molecule has 0 atom stereocenters. The van der Waals surface area contributed by atoms with Crippen LogP contribution in [0.1, 0.15) is 10.4 Å². The van der Waals surface area contributed by atoms with Gasteiger partial charge in [0.1, 0.15) is 22.9 Å². The van der Waals surface area contributed by atoms with Gasteiger partial charge in [-0.25, -0.2) is 13.5 Å². The summed E-state index contributed by atoms with van der Waals surface area (Å²) in [5, 5.41) is 6.50. The Bertz CT molecular complexity index is 932. The van der Waals surface area contributed by atoms with Gasteiger partial charge in [0.05, 0.1) is 12.8 Å². The Morgan fingerprint density at radius 3 is 2.56 bits per heavy atom. The minimum absolute atomic E-state index is 0.0267. The van der Waals surface area contributed by atoms with Crippen LogP contribution in [0.2, 0.25) is 0 Å². The van der Waals surface area contributed by atoms with E-state index < -0.39 is 23.1 Å². The Labute approximate surface area is 140 Å². The van der Waals surface area contributed by atoms with Crippen molar-refractivity contribution in [3.05, 3.63) is 76.3 Å². The van der Waals surface area contributed by atoms with Crippen LogP contribution in [0.5, 0.6) is 0 Å². The number of aromatic nitrogens is 2. The first-order chi connectivity index (χ1) is 12.1. The van der Waals surface area contributed by atoms with E-state index in [0.29, 0.717) is 11.5 Å². The number of furan rings is 1. The van der Waals surface area contributed by atoms with Crippen LogP contribution in [0.3, 0.4) is 0 Å². The van der Waals surface area contributed by atoms with Crippen LogP contribution in [0.4, 0.5) is 8.78 Å². The minimum atomic E-state index is -0.951. The molecule has 1 N–H and O–H groups in total. The maximum atomic E-state index is 13.5. The summed E-state index contributed by atoms with van der Waals surface area (Å²) in [6.45, 7) is 0.0102. The first kappa shape index (κ1) is 16.6. The molecule has 0 fully saturated rings. The molecule has 1 amide bonds. The molecule has 3 rings (SSSR count). The SMILES string of the molecule is O=C(NCCn1nc(-c2ccco2)ccc1=O)c1c(F)cccc1F. The fourth-order valence-corrected chi connectivity index (χ4v) is 2.24. The highest BCUT2D eigenvalue weighted by atomic mass is 19.1. The summed E-state index contributed by atoms with van der Waals surface area (Å²) in [4.78, 5) is 23.7. The first-order valence-corrected chi connectivity index (χ1v) is 7.40. The van der Waals surface area contributed by atoms with Crippen molar-refractivity contribution in [1.82, 2.24) is 15.1 Å². The van der Waals surface area contributed by atoms with E-state index in [1.54, 1.807) is 12.1 Å². The quantitative estimate of drug-likeness (QED) is 0.769. The molecule has 0 unspecified atom stereocenters. The number of amides is 1. The molecule has 2 heterocycles. The number of nitrogens with zero attached hydrogens (tertiary/aromatic N) is 2. The van der Waals surface area contributed by atoms with E-state index in [0.717, 1.165) is 16.8 Å². The third-order valence-corrected chi connectivity index (χ3v) is 3.44. The van der Waals surface area contributed by atoms with E-state index in [4.69, 9.17) is 4.42 Å². The lowest BCUT2D eigenvalue weighted by atomic mass is 10.2.